The summed E-state index contributed by atoms with van der Waals surface area (Å²) in [5, 5.41) is 3.80. The zero-order chi connectivity index (χ0) is 15.9. The molecule has 1 aliphatic heterocycles. The van der Waals surface area contributed by atoms with Gasteiger partial charge in [-0.1, -0.05) is 6.07 Å². The molecule has 0 aliphatic carbocycles. The number of fused-ring (bicyclic) bond motifs is 1. The molecule has 2 aromatic rings. The van der Waals surface area contributed by atoms with Gasteiger partial charge in [-0.05, 0) is 62.8 Å². The second kappa shape index (κ2) is 5.72. The summed E-state index contributed by atoms with van der Waals surface area (Å²) in [6.45, 7) is 7.79. The molecule has 2 heterocycles. The smallest absolute Gasteiger partial charge is 0.174 e. The molecule has 1 aliphatic rings. The standard InChI is InChI=1S/C17H20FN3S/c1-11-4-6-14(10-15(11)18)19-17(22)21-9-8-20-12(2)5-7-16(20)13(21)3/h4-7,10,13H,8-9H2,1-3H3,(H,19,22)/t13-/m0/s1. The summed E-state index contributed by atoms with van der Waals surface area (Å²) in [5.41, 5.74) is 3.87. The summed E-state index contributed by atoms with van der Waals surface area (Å²) >= 11 is 5.53. The Balaban J connectivity index is 1.77. The van der Waals surface area contributed by atoms with E-state index < -0.39 is 0 Å². The van der Waals surface area contributed by atoms with Crippen molar-refractivity contribution in [3.05, 3.63) is 53.1 Å². The van der Waals surface area contributed by atoms with Crippen molar-refractivity contribution in [2.75, 3.05) is 11.9 Å². The van der Waals surface area contributed by atoms with Gasteiger partial charge in [-0.3, -0.25) is 0 Å². The second-order valence-electron chi connectivity index (χ2n) is 5.81. The fourth-order valence-corrected chi connectivity index (χ4v) is 3.33. The average molecular weight is 317 g/mol. The Morgan fingerprint density at radius 2 is 2.00 bits per heavy atom. The number of benzene rings is 1. The van der Waals surface area contributed by atoms with Crippen molar-refractivity contribution < 1.29 is 4.39 Å². The van der Waals surface area contributed by atoms with E-state index in [1.54, 1.807) is 13.0 Å². The van der Waals surface area contributed by atoms with Crippen LogP contribution in [0.5, 0.6) is 0 Å². The number of hydrogen-bond donors (Lipinski definition) is 1. The van der Waals surface area contributed by atoms with Crippen LogP contribution in [-0.2, 0) is 6.54 Å². The number of thiocarbonyl (C=S) groups is 1. The van der Waals surface area contributed by atoms with E-state index in [-0.39, 0.29) is 11.9 Å². The first-order valence-electron chi connectivity index (χ1n) is 7.47. The van der Waals surface area contributed by atoms with Gasteiger partial charge in [0, 0.05) is 30.2 Å². The van der Waals surface area contributed by atoms with E-state index >= 15 is 0 Å². The number of nitrogens with zero attached hydrogens (tertiary/aromatic N) is 2. The molecule has 0 bridgehead atoms. The van der Waals surface area contributed by atoms with Gasteiger partial charge in [0.15, 0.2) is 5.11 Å². The number of anilines is 1. The molecule has 0 amide bonds. The van der Waals surface area contributed by atoms with Crippen LogP contribution in [0.1, 0.15) is 29.9 Å². The van der Waals surface area contributed by atoms with Gasteiger partial charge in [0.05, 0.1) is 6.04 Å². The molecule has 1 aromatic heterocycles. The molecule has 1 atom stereocenters. The third-order valence-electron chi connectivity index (χ3n) is 4.38. The van der Waals surface area contributed by atoms with Crippen LogP contribution in [0.3, 0.4) is 0 Å². The van der Waals surface area contributed by atoms with Crippen LogP contribution in [0.4, 0.5) is 10.1 Å². The molecule has 0 saturated heterocycles. The molecule has 116 valence electrons. The van der Waals surface area contributed by atoms with Crippen molar-refractivity contribution in [1.82, 2.24) is 9.47 Å². The SMILES string of the molecule is Cc1ccc(NC(=S)N2CCn3c(C)ccc3[C@@H]2C)cc1F. The van der Waals surface area contributed by atoms with Crippen LogP contribution in [0.2, 0.25) is 0 Å². The van der Waals surface area contributed by atoms with E-state index in [0.717, 1.165) is 13.1 Å². The highest BCUT2D eigenvalue weighted by Gasteiger charge is 2.26. The van der Waals surface area contributed by atoms with Gasteiger partial charge >= 0.3 is 0 Å². The quantitative estimate of drug-likeness (QED) is 0.802. The maximum Gasteiger partial charge on any atom is 0.174 e. The summed E-state index contributed by atoms with van der Waals surface area (Å²) in [5.74, 6) is -0.219. The third kappa shape index (κ3) is 2.61. The van der Waals surface area contributed by atoms with Crippen molar-refractivity contribution in [2.24, 2.45) is 0 Å². The molecule has 3 nitrogen and oxygen atoms in total. The number of halogens is 1. The van der Waals surface area contributed by atoms with Crippen LogP contribution in [0.25, 0.3) is 0 Å². The number of nitrogens with one attached hydrogen (secondary N) is 1. The molecule has 0 spiro atoms. The molecule has 0 radical (unpaired) electrons. The normalized spacial score (nSPS) is 17.3. The predicted octanol–water partition coefficient (Wildman–Crippen LogP) is 4.02. The van der Waals surface area contributed by atoms with E-state index in [9.17, 15) is 4.39 Å². The van der Waals surface area contributed by atoms with Crippen molar-refractivity contribution >= 4 is 23.0 Å². The van der Waals surface area contributed by atoms with Gasteiger partial charge < -0.3 is 14.8 Å². The van der Waals surface area contributed by atoms with E-state index in [4.69, 9.17) is 12.2 Å². The Labute approximate surface area is 135 Å². The first-order valence-corrected chi connectivity index (χ1v) is 7.88. The largest absolute Gasteiger partial charge is 0.345 e. The average Bonchev–Trinajstić information content (AvgIpc) is 2.86. The molecule has 0 saturated carbocycles. The van der Waals surface area contributed by atoms with Crippen LogP contribution in [-0.4, -0.2) is 21.1 Å². The monoisotopic (exact) mass is 317 g/mol. The van der Waals surface area contributed by atoms with Gasteiger partial charge in [-0.25, -0.2) is 4.39 Å². The summed E-state index contributed by atoms with van der Waals surface area (Å²) in [6, 6.07) is 9.60. The molecular weight excluding hydrogens is 297 g/mol. The first-order chi connectivity index (χ1) is 10.5. The minimum atomic E-state index is -0.219. The van der Waals surface area contributed by atoms with E-state index in [1.807, 2.05) is 6.07 Å². The minimum absolute atomic E-state index is 0.206. The van der Waals surface area contributed by atoms with Crippen molar-refractivity contribution in [3.8, 4) is 0 Å². The zero-order valence-electron chi connectivity index (χ0n) is 13.1. The van der Waals surface area contributed by atoms with E-state index in [0.29, 0.717) is 16.4 Å². The van der Waals surface area contributed by atoms with Gasteiger partial charge in [0.25, 0.3) is 0 Å². The molecule has 1 aromatic carbocycles. The minimum Gasteiger partial charge on any atom is -0.345 e. The fraction of sp³-hybridized carbons (Fsp3) is 0.353. The van der Waals surface area contributed by atoms with Crippen LogP contribution in [0, 0.1) is 19.7 Å². The number of aryl methyl sites for hydroxylation is 2. The van der Waals surface area contributed by atoms with Crippen LogP contribution in [0.15, 0.2) is 30.3 Å². The van der Waals surface area contributed by atoms with Gasteiger partial charge in [0.1, 0.15) is 5.82 Å². The van der Waals surface area contributed by atoms with Gasteiger partial charge in [0.2, 0.25) is 0 Å². The highest BCUT2D eigenvalue weighted by molar-refractivity contribution is 7.80. The van der Waals surface area contributed by atoms with E-state index in [2.05, 4.69) is 40.8 Å². The molecule has 0 unspecified atom stereocenters. The lowest BCUT2D eigenvalue weighted by atomic mass is 10.1. The number of hydrogen-bond acceptors (Lipinski definition) is 1. The lowest BCUT2D eigenvalue weighted by Gasteiger charge is -2.37. The molecule has 1 N–H and O–H groups in total. The van der Waals surface area contributed by atoms with Crippen molar-refractivity contribution in [1.29, 1.82) is 0 Å². The Hall–Kier alpha value is -1.88. The second-order valence-corrected chi connectivity index (χ2v) is 6.20. The third-order valence-corrected chi connectivity index (χ3v) is 4.71. The van der Waals surface area contributed by atoms with Crippen molar-refractivity contribution in [3.63, 3.8) is 0 Å². The lowest BCUT2D eigenvalue weighted by Crippen LogP contribution is -2.43. The van der Waals surface area contributed by atoms with Crippen LogP contribution >= 0.6 is 12.2 Å². The number of aromatic nitrogens is 1. The Morgan fingerprint density at radius 3 is 2.73 bits per heavy atom. The lowest BCUT2D eigenvalue weighted by molar-refractivity contribution is 0.274. The molecular formula is C17H20FN3S. The summed E-state index contributed by atoms with van der Waals surface area (Å²) in [6.07, 6.45) is 0. The van der Waals surface area contributed by atoms with Gasteiger partial charge in [-0.15, -0.1) is 0 Å². The highest BCUT2D eigenvalue weighted by Crippen LogP contribution is 2.28. The predicted molar refractivity (Wildman–Crippen MR) is 91.6 cm³/mol. The summed E-state index contributed by atoms with van der Waals surface area (Å²) in [7, 11) is 0. The maximum absolute atomic E-state index is 13.6. The molecule has 5 heteroatoms. The van der Waals surface area contributed by atoms with Crippen LogP contribution < -0.4 is 5.32 Å². The summed E-state index contributed by atoms with van der Waals surface area (Å²) < 4.78 is 16.0. The maximum atomic E-state index is 13.6. The topological polar surface area (TPSA) is 20.2 Å². The first kappa shape index (κ1) is 15.0. The van der Waals surface area contributed by atoms with Gasteiger partial charge in [-0.2, -0.15) is 0 Å². The molecule has 22 heavy (non-hydrogen) atoms. The highest BCUT2D eigenvalue weighted by atomic mass is 32.1. The zero-order valence-corrected chi connectivity index (χ0v) is 13.9. The number of rotatable bonds is 1. The molecule has 3 rings (SSSR count). The Bertz CT molecular complexity index is 723. The summed E-state index contributed by atoms with van der Waals surface area (Å²) in [4.78, 5) is 2.15. The molecule has 0 fully saturated rings. The van der Waals surface area contributed by atoms with E-state index in [1.165, 1.54) is 17.5 Å². The fourth-order valence-electron chi connectivity index (χ4n) is 2.96. The van der Waals surface area contributed by atoms with Crippen molar-refractivity contribution in [2.45, 2.75) is 33.4 Å². The Kier molecular flexibility index (Phi) is 3.91. The Morgan fingerprint density at radius 1 is 1.23 bits per heavy atom.